The van der Waals surface area contributed by atoms with Crippen LogP contribution in [0.25, 0.3) is 0 Å². The number of carbonyl (C=O) groups excluding carboxylic acids is 1. The number of nitrogens with two attached hydrogens (primary N) is 2. The molecule has 6 N–H and O–H groups in total. The van der Waals surface area contributed by atoms with Gasteiger partial charge in [0.1, 0.15) is 0 Å². The average molecular weight is 257 g/mol. The molecule has 0 bridgehead atoms. The Morgan fingerprint density at radius 2 is 2.11 bits per heavy atom. The van der Waals surface area contributed by atoms with Gasteiger partial charge in [-0.25, -0.2) is 0 Å². The van der Waals surface area contributed by atoms with E-state index in [4.69, 9.17) is 21.7 Å². The molecule has 0 spiro atoms. The van der Waals surface area contributed by atoms with Gasteiger partial charge in [-0.15, -0.1) is 5.10 Å². The molecule has 0 saturated carbocycles. The summed E-state index contributed by atoms with van der Waals surface area (Å²) < 4.78 is 1.54. The number of aliphatic hydroxyl groups excluding tert-OH is 2. The number of carbonyl (C=O) groups is 1. The van der Waals surface area contributed by atoms with E-state index in [0.717, 1.165) is 0 Å². The maximum Gasteiger partial charge on any atom is 0.234 e. The lowest BCUT2D eigenvalue weighted by Crippen LogP contribution is -2.36. The van der Waals surface area contributed by atoms with E-state index in [0.29, 0.717) is 25.1 Å². The van der Waals surface area contributed by atoms with Gasteiger partial charge in [-0.2, -0.15) is 0 Å². The third-order valence-electron chi connectivity index (χ3n) is 2.62. The number of nitrogens with zero attached hydrogens (tertiary/aromatic N) is 3. The molecule has 8 heteroatoms. The Morgan fingerprint density at radius 3 is 2.67 bits per heavy atom. The molecular formula is C10H19N5O3. The number of hydrogen-bond donors (Lipinski definition) is 4. The Hall–Kier alpha value is -1.51. The zero-order chi connectivity index (χ0) is 13.5. The lowest BCUT2D eigenvalue weighted by molar-refractivity contribution is -0.119. The van der Waals surface area contributed by atoms with Gasteiger partial charge in [0.15, 0.2) is 0 Å². The maximum atomic E-state index is 10.7. The molecule has 1 aromatic rings. The highest BCUT2D eigenvalue weighted by Gasteiger charge is 2.12. The molecule has 0 unspecified atom stereocenters. The van der Waals surface area contributed by atoms with E-state index in [1.165, 1.54) is 0 Å². The molecule has 0 saturated heterocycles. The second-order valence-corrected chi connectivity index (χ2v) is 4.21. The molecule has 102 valence electrons. The van der Waals surface area contributed by atoms with Crippen LogP contribution in [-0.4, -0.2) is 50.4 Å². The van der Waals surface area contributed by atoms with Gasteiger partial charge in [0.25, 0.3) is 0 Å². The lowest BCUT2D eigenvalue weighted by atomic mass is 10.1. The Labute approximate surface area is 105 Å². The van der Waals surface area contributed by atoms with E-state index in [1.54, 1.807) is 10.9 Å². The number of amides is 1. The summed E-state index contributed by atoms with van der Waals surface area (Å²) in [5.74, 6) is -0.796. The van der Waals surface area contributed by atoms with Gasteiger partial charge in [-0.3, -0.25) is 9.48 Å². The van der Waals surface area contributed by atoms with E-state index in [-0.39, 0.29) is 19.1 Å². The van der Waals surface area contributed by atoms with E-state index < -0.39 is 11.9 Å². The molecule has 1 amide bonds. The zero-order valence-electron chi connectivity index (χ0n) is 10.1. The highest BCUT2D eigenvalue weighted by Crippen LogP contribution is 2.03. The summed E-state index contributed by atoms with van der Waals surface area (Å²) in [4.78, 5) is 10.7. The Morgan fingerprint density at radius 1 is 1.44 bits per heavy atom. The molecule has 0 fully saturated rings. The Kier molecular flexibility index (Phi) is 5.69. The van der Waals surface area contributed by atoms with Gasteiger partial charge in [-0.1, -0.05) is 5.21 Å². The van der Waals surface area contributed by atoms with Crippen LogP contribution in [0.1, 0.15) is 12.1 Å². The van der Waals surface area contributed by atoms with Crippen molar-refractivity contribution in [1.82, 2.24) is 15.0 Å². The standard InChI is InChI=1S/C10H19N5O3/c11-9(10(12)18)2-1-8-4-15(14-13-8)3-7(5-16)6-17/h4,7,9,16-17H,1-3,5-6,11H2,(H2,12,18)/t9-/m1/s1. The number of rotatable bonds is 8. The fourth-order valence-electron chi connectivity index (χ4n) is 1.43. The van der Waals surface area contributed by atoms with Crippen LogP contribution >= 0.6 is 0 Å². The van der Waals surface area contributed by atoms with Crippen LogP contribution in [0.5, 0.6) is 0 Å². The van der Waals surface area contributed by atoms with Crippen molar-refractivity contribution in [2.45, 2.75) is 25.4 Å². The van der Waals surface area contributed by atoms with Crippen molar-refractivity contribution in [3.8, 4) is 0 Å². The summed E-state index contributed by atoms with van der Waals surface area (Å²) in [6.07, 6.45) is 2.62. The number of aryl methyl sites for hydroxylation is 1. The molecule has 18 heavy (non-hydrogen) atoms. The minimum absolute atomic E-state index is 0.113. The van der Waals surface area contributed by atoms with Gasteiger partial charge in [0.05, 0.1) is 11.7 Å². The van der Waals surface area contributed by atoms with Crippen molar-refractivity contribution in [3.05, 3.63) is 11.9 Å². The molecule has 8 nitrogen and oxygen atoms in total. The number of aliphatic hydroxyl groups is 2. The minimum atomic E-state index is -0.683. The predicted octanol–water partition coefficient (Wildman–Crippen LogP) is -2.38. The van der Waals surface area contributed by atoms with Crippen molar-refractivity contribution < 1.29 is 15.0 Å². The summed E-state index contributed by atoms with van der Waals surface area (Å²) in [7, 11) is 0. The summed E-state index contributed by atoms with van der Waals surface area (Å²) in [5.41, 5.74) is 11.2. The maximum absolute atomic E-state index is 10.7. The summed E-state index contributed by atoms with van der Waals surface area (Å²) in [6.45, 7) is 0.165. The van der Waals surface area contributed by atoms with E-state index >= 15 is 0 Å². The molecule has 1 atom stereocenters. The second kappa shape index (κ2) is 7.04. The predicted molar refractivity (Wildman–Crippen MR) is 63.2 cm³/mol. The summed E-state index contributed by atoms with van der Waals surface area (Å²) >= 11 is 0. The largest absolute Gasteiger partial charge is 0.396 e. The number of hydrogen-bond acceptors (Lipinski definition) is 6. The van der Waals surface area contributed by atoms with Crippen LogP contribution in [0.2, 0.25) is 0 Å². The van der Waals surface area contributed by atoms with Crippen LogP contribution in [0, 0.1) is 5.92 Å². The lowest BCUT2D eigenvalue weighted by Gasteiger charge is -2.09. The first kappa shape index (κ1) is 14.6. The van der Waals surface area contributed by atoms with Crippen molar-refractivity contribution >= 4 is 5.91 Å². The fourth-order valence-corrected chi connectivity index (χ4v) is 1.43. The third kappa shape index (κ3) is 4.40. The highest BCUT2D eigenvalue weighted by molar-refractivity contribution is 5.79. The van der Waals surface area contributed by atoms with Gasteiger partial charge < -0.3 is 21.7 Å². The first-order chi connectivity index (χ1) is 8.56. The van der Waals surface area contributed by atoms with E-state index in [1.807, 2.05) is 0 Å². The van der Waals surface area contributed by atoms with Gasteiger partial charge in [0.2, 0.25) is 5.91 Å². The molecule has 0 aliphatic carbocycles. The first-order valence-corrected chi connectivity index (χ1v) is 5.72. The molecule has 0 aliphatic heterocycles. The van der Waals surface area contributed by atoms with Gasteiger partial charge in [-0.05, 0) is 12.8 Å². The quantitative estimate of drug-likeness (QED) is 0.410. The molecule has 0 aliphatic rings. The zero-order valence-corrected chi connectivity index (χ0v) is 10.1. The molecule has 1 rings (SSSR count). The number of primary amides is 1. The normalized spacial score (nSPS) is 12.9. The fraction of sp³-hybridized carbons (Fsp3) is 0.700. The smallest absolute Gasteiger partial charge is 0.234 e. The third-order valence-corrected chi connectivity index (χ3v) is 2.62. The summed E-state index contributed by atoms with van der Waals surface area (Å²) in [5, 5.41) is 25.7. The molecule has 1 aromatic heterocycles. The monoisotopic (exact) mass is 257 g/mol. The van der Waals surface area contributed by atoms with Crippen molar-refractivity contribution in [2.24, 2.45) is 17.4 Å². The Bertz CT molecular complexity index is 377. The van der Waals surface area contributed by atoms with Crippen LogP contribution in [0.3, 0.4) is 0 Å². The number of aromatic nitrogens is 3. The molecular weight excluding hydrogens is 238 g/mol. The summed E-state index contributed by atoms with van der Waals surface area (Å²) in [6, 6.07) is -0.683. The minimum Gasteiger partial charge on any atom is -0.396 e. The van der Waals surface area contributed by atoms with Crippen LogP contribution in [0.4, 0.5) is 0 Å². The average Bonchev–Trinajstić information content (AvgIpc) is 2.80. The van der Waals surface area contributed by atoms with E-state index in [2.05, 4.69) is 10.3 Å². The SMILES string of the molecule is NC(=O)[C@H](N)CCc1cn(CC(CO)CO)nn1. The first-order valence-electron chi connectivity index (χ1n) is 5.72. The van der Waals surface area contributed by atoms with Crippen LogP contribution < -0.4 is 11.5 Å². The Balaban J connectivity index is 2.45. The van der Waals surface area contributed by atoms with Crippen LogP contribution in [-0.2, 0) is 17.8 Å². The van der Waals surface area contributed by atoms with Crippen LogP contribution in [0.15, 0.2) is 6.20 Å². The second-order valence-electron chi connectivity index (χ2n) is 4.21. The topological polar surface area (TPSA) is 140 Å². The molecule has 0 radical (unpaired) electrons. The van der Waals surface area contributed by atoms with Gasteiger partial charge in [0, 0.05) is 31.9 Å². The van der Waals surface area contributed by atoms with Gasteiger partial charge >= 0.3 is 0 Å². The van der Waals surface area contributed by atoms with Crippen molar-refractivity contribution in [3.63, 3.8) is 0 Å². The molecule has 0 aromatic carbocycles. The van der Waals surface area contributed by atoms with Crippen molar-refractivity contribution in [2.75, 3.05) is 13.2 Å². The highest BCUT2D eigenvalue weighted by atomic mass is 16.3. The van der Waals surface area contributed by atoms with E-state index in [9.17, 15) is 4.79 Å². The molecule has 1 heterocycles. The van der Waals surface area contributed by atoms with Crippen molar-refractivity contribution in [1.29, 1.82) is 0 Å².